The third kappa shape index (κ3) is 1.91. The van der Waals surface area contributed by atoms with E-state index in [1.165, 1.54) is 0 Å². The van der Waals surface area contributed by atoms with Crippen molar-refractivity contribution in [1.29, 1.82) is 5.26 Å². The number of amides is 2. The van der Waals surface area contributed by atoms with E-state index in [-0.39, 0.29) is 23.7 Å². The lowest BCUT2D eigenvalue weighted by Crippen LogP contribution is -2.45. The van der Waals surface area contributed by atoms with Crippen molar-refractivity contribution in [2.45, 2.75) is 19.3 Å². The summed E-state index contributed by atoms with van der Waals surface area (Å²) in [4.78, 5) is 28.3. The second kappa shape index (κ2) is 4.62. The highest BCUT2D eigenvalue weighted by atomic mass is 16.2. The zero-order valence-corrected chi connectivity index (χ0v) is 11.5. The van der Waals surface area contributed by atoms with E-state index >= 15 is 0 Å². The number of likely N-dealkylation sites (tertiary alicyclic amines) is 2. The monoisotopic (exact) mass is 273 g/mol. The molecule has 0 aromatic carbocycles. The zero-order chi connectivity index (χ0) is 14.3. The van der Waals surface area contributed by atoms with E-state index in [1.807, 2.05) is 4.90 Å². The van der Waals surface area contributed by atoms with Gasteiger partial charge in [0.2, 0.25) is 11.8 Å². The Morgan fingerprint density at radius 3 is 2.85 bits per heavy atom. The number of fused-ring (bicyclic) bond motifs is 1. The molecule has 106 valence electrons. The van der Waals surface area contributed by atoms with Crippen LogP contribution in [0.15, 0.2) is 12.7 Å². The zero-order valence-electron chi connectivity index (χ0n) is 11.5. The minimum absolute atomic E-state index is 0.0579. The summed E-state index contributed by atoms with van der Waals surface area (Å²) in [6.07, 6.45) is 4.02. The van der Waals surface area contributed by atoms with Gasteiger partial charge >= 0.3 is 0 Å². The van der Waals surface area contributed by atoms with Crippen LogP contribution in [-0.2, 0) is 9.59 Å². The fourth-order valence-electron chi connectivity index (χ4n) is 3.41. The van der Waals surface area contributed by atoms with E-state index < -0.39 is 5.41 Å². The fourth-order valence-corrected chi connectivity index (χ4v) is 3.41. The molecule has 0 N–H and O–H groups in total. The Morgan fingerprint density at radius 2 is 2.25 bits per heavy atom. The molecular formula is C15H19N3O2. The van der Waals surface area contributed by atoms with Gasteiger partial charge in [-0.1, -0.05) is 6.08 Å². The number of nitriles is 1. The highest BCUT2D eigenvalue weighted by Gasteiger charge is 2.55. The standard InChI is InChI=1S/C15H19N3O2/c1-2-6-17-7-3-11-8-18(9-12(11)13(17)19)14(20)15(10-16)4-5-15/h2,11-12H,1,3-9H2/t11-,12-/m1/s1. The van der Waals surface area contributed by atoms with Crippen LogP contribution in [0.25, 0.3) is 0 Å². The molecule has 2 heterocycles. The summed E-state index contributed by atoms with van der Waals surface area (Å²) in [6.45, 7) is 6.13. The molecule has 2 aliphatic heterocycles. The number of nitrogens with zero attached hydrogens (tertiary/aromatic N) is 3. The molecule has 3 rings (SSSR count). The molecule has 1 saturated carbocycles. The Kier molecular flexibility index (Phi) is 3.04. The van der Waals surface area contributed by atoms with Crippen molar-refractivity contribution in [3.05, 3.63) is 12.7 Å². The molecule has 0 aromatic rings. The summed E-state index contributed by atoms with van der Waals surface area (Å²) < 4.78 is 0. The SMILES string of the molecule is C=CCN1CC[C@@H]2CN(C(=O)C3(C#N)CC3)C[C@H]2C1=O. The fraction of sp³-hybridized carbons (Fsp3) is 0.667. The summed E-state index contributed by atoms with van der Waals surface area (Å²) in [5.41, 5.74) is -0.767. The molecule has 2 amide bonds. The lowest BCUT2D eigenvalue weighted by atomic mass is 9.88. The first-order valence-electron chi connectivity index (χ1n) is 7.21. The topological polar surface area (TPSA) is 64.4 Å². The Morgan fingerprint density at radius 1 is 1.50 bits per heavy atom. The van der Waals surface area contributed by atoms with Crippen LogP contribution in [0.1, 0.15) is 19.3 Å². The molecule has 5 heteroatoms. The van der Waals surface area contributed by atoms with Gasteiger partial charge in [-0.15, -0.1) is 6.58 Å². The van der Waals surface area contributed by atoms with E-state index in [9.17, 15) is 9.59 Å². The smallest absolute Gasteiger partial charge is 0.243 e. The lowest BCUT2D eigenvalue weighted by molar-refractivity contribution is -0.139. The van der Waals surface area contributed by atoms with Gasteiger partial charge in [0, 0.05) is 26.2 Å². The quantitative estimate of drug-likeness (QED) is 0.714. The molecule has 0 aromatic heterocycles. The molecule has 0 bridgehead atoms. The number of rotatable bonds is 3. The number of hydrogen-bond donors (Lipinski definition) is 0. The molecule has 0 spiro atoms. The predicted molar refractivity (Wildman–Crippen MR) is 72.2 cm³/mol. The van der Waals surface area contributed by atoms with E-state index in [0.717, 1.165) is 13.0 Å². The van der Waals surface area contributed by atoms with Crippen LogP contribution < -0.4 is 0 Å². The minimum Gasteiger partial charge on any atom is -0.340 e. The Balaban J connectivity index is 1.70. The van der Waals surface area contributed by atoms with Gasteiger partial charge in [0.15, 0.2) is 0 Å². The van der Waals surface area contributed by atoms with Crippen molar-refractivity contribution in [2.75, 3.05) is 26.2 Å². The summed E-state index contributed by atoms with van der Waals surface area (Å²) in [7, 11) is 0. The number of carbonyl (C=O) groups excluding carboxylic acids is 2. The molecule has 0 unspecified atom stereocenters. The van der Waals surface area contributed by atoms with Crippen LogP contribution in [0.4, 0.5) is 0 Å². The maximum Gasteiger partial charge on any atom is 0.243 e. The van der Waals surface area contributed by atoms with Crippen molar-refractivity contribution in [2.24, 2.45) is 17.3 Å². The van der Waals surface area contributed by atoms with Gasteiger partial charge in [0.05, 0.1) is 12.0 Å². The normalized spacial score (nSPS) is 30.6. The van der Waals surface area contributed by atoms with Crippen molar-refractivity contribution in [1.82, 2.24) is 9.80 Å². The molecule has 0 radical (unpaired) electrons. The highest BCUT2D eigenvalue weighted by molar-refractivity contribution is 5.90. The third-order valence-corrected chi connectivity index (χ3v) is 4.85. The van der Waals surface area contributed by atoms with Crippen LogP contribution in [0.2, 0.25) is 0 Å². The van der Waals surface area contributed by atoms with Gasteiger partial charge < -0.3 is 9.80 Å². The number of piperidine rings is 1. The highest BCUT2D eigenvalue weighted by Crippen LogP contribution is 2.48. The first-order valence-corrected chi connectivity index (χ1v) is 7.21. The van der Waals surface area contributed by atoms with Gasteiger partial charge in [-0.25, -0.2) is 0 Å². The van der Waals surface area contributed by atoms with Gasteiger partial charge in [0.25, 0.3) is 0 Å². The van der Waals surface area contributed by atoms with E-state index in [0.29, 0.717) is 32.5 Å². The van der Waals surface area contributed by atoms with E-state index in [4.69, 9.17) is 5.26 Å². The van der Waals surface area contributed by atoms with Crippen molar-refractivity contribution in [3.8, 4) is 6.07 Å². The lowest BCUT2D eigenvalue weighted by Gasteiger charge is -2.32. The average Bonchev–Trinajstić information content (AvgIpc) is 3.13. The van der Waals surface area contributed by atoms with Crippen LogP contribution in [0.3, 0.4) is 0 Å². The molecule has 2 saturated heterocycles. The Hall–Kier alpha value is -1.83. The van der Waals surface area contributed by atoms with Crippen molar-refractivity contribution in [3.63, 3.8) is 0 Å². The van der Waals surface area contributed by atoms with Gasteiger partial charge in [-0.05, 0) is 25.2 Å². The average molecular weight is 273 g/mol. The molecule has 5 nitrogen and oxygen atoms in total. The van der Waals surface area contributed by atoms with Crippen LogP contribution in [0, 0.1) is 28.6 Å². The molecule has 20 heavy (non-hydrogen) atoms. The Bertz CT molecular complexity index is 504. The van der Waals surface area contributed by atoms with Crippen LogP contribution in [0.5, 0.6) is 0 Å². The van der Waals surface area contributed by atoms with Crippen LogP contribution >= 0.6 is 0 Å². The summed E-state index contributed by atoms with van der Waals surface area (Å²) in [6, 6.07) is 2.15. The van der Waals surface area contributed by atoms with Crippen molar-refractivity contribution < 1.29 is 9.59 Å². The Labute approximate surface area is 118 Å². The molecule has 1 aliphatic carbocycles. The van der Waals surface area contributed by atoms with Crippen molar-refractivity contribution >= 4 is 11.8 Å². The van der Waals surface area contributed by atoms with Gasteiger partial charge in [-0.2, -0.15) is 5.26 Å². The summed E-state index contributed by atoms with van der Waals surface area (Å²) >= 11 is 0. The summed E-state index contributed by atoms with van der Waals surface area (Å²) in [5.74, 6) is 0.264. The van der Waals surface area contributed by atoms with Gasteiger partial charge in [-0.3, -0.25) is 9.59 Å². The maximum atomic E-state index is 12.4. The first kappa shape index (κ1) is 13.2. The second-order valence-corrected chi connectivity index (χ2v) is 6.13. The molecular weight excluding hydrogens is 254 g/mol. The largest absolute Gasteiger partial charge is 0.340 e. The summed E-state index contributed by atoms with van der Waals surface area (Å²) in [5, 5.41) is 9.13. The first-order chi connectivity index (χ1) is 9.61. The maximum absolute atomic E-state index is 12.4. The molecule has 2 atom stereocenters. The van der Waals surface area contributed by atoms with E-state index in [2.05, 4.69) is 12.6 Å². The molecule has 3 fully saturated rings. The van der Waals surface area contributed by atoms with Crippen LogP contribution in [-0.4, -0.2) is 47.8 Å². The second-order valence-electron chi connectivity index (χ2n) is 6.13. The minimum atomic E-state index is -0.767. The third-order valence-electron chi connectivity index (χ3n) is 4.85. The van der Waals surface area contributed by atoms with E-state index in [1.54, 1.807) is 11.0 Å². The predicted octanol–water partition coefficient (Wildman–Crippen LogP) is 0.783. The van der Waals surface area contributed by atoms with Gasteiger partial charge in [0.1, 0.15) is 5.41 Å². The number of carbonyl (C=O) groups is 2. The number of hydrogen-bond acceptors (Lipinski definition) is 3. The molecule has 3 aliphatic rings.